The van der Waals surface area contributed by atoms with Gasteiger partial charge in [0.1, 0.15) is 18.1 Å². The van der Waals surface area contributed by atoms with Gasteiger partial charge < -0.3 is 10.2 Å². The molecule has 1 N–H and O–H groups in total. The van der Waals surface area contributed by atoms with Crippen molar-refractivity contribution in [1.82, 2.24) is 25.2 Å². The minimum absolute atomic E-state index is 0.00698. The van der Waals surface area contributed by atoms with Gasteiger partial charge in [0.2, 0.25) is 11.8 Å². The molecule has 9 heteroatoms. The Kier molecular flexibility index (Phi) is 7.51. The summed E-state index contributed by atoms with van der Waals surface area (Å²) >= 11 is 3.05. The van der Waals surface area contributed by atoms with Crippen molar-refractivity contribution in [1.29, 1.82) is 0 Å². The Balaban J connectivity index is 1.64. The molecule has 4 rings (SSSR count). The van der Waals surface area contributed by atoms with E-state index in [4.69, 9.17) is 0 Å². The second kappa shape index (κ2) is 10.7. The quantitative estimate of drug-likeness (QED) is 0.362. The molecule has 0 saturated heterocycles. The molecule has 1 atom stereocenters. The van der Waals surface area contributed by atoms with Crippen LogP contribution in [0.1, 0.15) is 36.1 Å². The van der Waals surface area contributed by atoms with Crippen LogP contribution in [0.15, 0.2) is 59.3 Å². The second-order valence-corrected chi connectivity index (χ2v) is 10.2. The third kappa shape index (κ3) is 5.66. The summed E-state index contributed by atoms with van der Waals surface area (Å²) in [6, 6.07) is 14.6. The molecule has 33 heavy (non-hydrogen) atoms. The number of aromatic nitrogens is 3. The van der Waals surface area contributed by atoms with Crippen molar-refractivity contribution >= 4 is 45.5 Å². The Labute approximate surface area is 201 Å². The second-order valence-electron chi connectivity index (χ2n) is 8.23. The summed E-state index contributed by atoms with van der Waals surface area (Å²) in [5.74, 6) is 0.137. The van der Waals surface area contributed by atoms with Crippen LogP contribution >= 0.6 is 22.7 Å². The maximum atomic E-state index is 13.7. The molecule has 0 unspecified atom stereocenters. The Hall–Kier alpha value is -3.04. The van der Waals surface area contributed by atoms with Gasteiger partial charge in [-0.15, -0.1) is 27.8 Å². The molecule has 0 bridgehead atoms. The summed E-state index contributed by atoms with van der Waals surface area (Å²) in [6.45, 7) is 5.18. The van der Waals surface area contributed by atoms with Crippen LogP contribution in [0.25, 0.3) is 11.0 Å². The van der Waals surface area contributed by atoms with E-state index in [-0.39, 0.29) is 18.4 Å². The Morgan fingerprint density at radius 2 is 1.85 bits per heavy atom. The molecule has 2 amide bonds. The normalized spacial score (nSPS) is 12.2. The Bertz CT molecular complexity index is 1180. The summed E-state index contributed by atoms with van der Waals surface area (Å²) in [7, 11) is 0. The van der Waals surface area contributed by atoms with Gasteiger partial charge in [-0.25, -0.2) is 4.68 Å². The molecule has 1 aromatic carbocycles. The number of fused-ring (bicyclic) bond motifs is 1. The predicted molar refractivity (Wildman–Crippen MR) is 132 cm³/mol. The fraction of sp³-hybridized carbons (Fsp3) is 0.333. The maximum absolute atomic E-state index is 13.7. The smallest absolute Gasteiger partial charge is 0.248 e. The molecule has 0 radical (unpaired) electrons. The van der Waals surface area contributed by atoms with Gasteiger partial charge in [0.15, 0.2) is 0 Å². The van der Waals surface area contributed by atoms with Crippen molar-refractivity contribution in [2.24, 2.45) is 5.92 Å². The van der Waals surface area contributed by atoms with Gasteiger partial charge in [0.25, 0.3) is 0 Å². The van der Waals surface area contributed by atoms with Gasteiger partial charge in [0, 0.05) is 16.3 Å². The minimum Gasteiger partial charge on any atom is -0.354 e. The Morgan fingerprint density at radius 3 is 2.58 bits per heavy atom. The maximum Gasteiger partial charge on any atom is 0.248 e. The van der Waals surface area contributed by atoms with Gasteiger partial charge in [-0.1, -0.05) is 43.3 Å². The molecular weight excluding hydrogens is 454 g/mol. The zero-order valence-electron chi connectivity index (χ0n) is 18.7. The van der Waals surface area contributed by atoms with Crippen LogP contribution in [0.4, 0.5) is 0 Å². The number of carbonyl (C=O) groups is 2. The summed E-state index contributed by atoms with van der Waals surface area (Å²) < 4.78 is 1.60. The van der Waals surface area contributed by atoms with Crippen molar-refractivity contribution in [3.05, 3.63) is 69.0 Å². The summed E-state index contributed by atoms with van der Waals surface area (Å²) in [4.78, 5) is 30.6. The van der Waals surface area contributed by atoms with E-state index in [9.17, 15) is 9.59 Å². The fourth-order valence-electron chi connectivity index (χ4n) is 3.60. The van der Waals surface area contributed by atoms with Crippen molar-refractivity contribution in [3.63, 3.8) is 0 Å². The lowest BCUT2D eigenvalue weighted by Gasteiger charge is -2.30. The highest BCUT2D eigenvalue weighted by atomic mass is 32.1. The molecule has 3 aromatic heterocycles. The average Bonchev–Trinajstić information content (AvgIpc) is 3.56. The standard InChI is InChI=1S/C24H27N5O2S2/c1-17(2)11-12-25-24(31)23(21-10-6-14-33-21)28(15-18-7-5-13-32-18)22(30)16-29-20-9-4-3-8-19(20)26-27-29/h3-10,13-14,17,23H,11-12,15-16H2,1-2H3,(H,25,31)/t23-/m1/s1. The van der Waals surface area contributed by atoms with E-state index in [1.54, 1.807) is 20.9 Å². The summed E-state index contributed by atoms with van der Waals surface area (Å²) in [5.41, 5.74) is 1.52. The SMILES string of the molecule is CC(C)CCNC(=O)[C@@H](c1cccs1)N(Cc1cccs1)C(=O)Cn1nnc2ccccc21. The van der Waals surface area contributed by atoms with Crippen molar-refractivity contribution < 1.29 is 9.59 Å². The first-order valence-corrected chi connectivity index (χ1v) is 12.7. The van der Waals surface area contributed by atoms with Gasteiger partial charge in [-0.3, -0.25) is 9.59 Å². The van der Waals surface area contributed by atoms with E-state index in [2.05, 4.69) is 29.5 Å². The first-order valence-electron chi connectivity index (χ1n) is 10.9. The monoisotopic (exact) mass is 481 g/mol. The van der Waals surface area contributed by atoms with Gasteiger partial charge in [0.05, 0.1) is 12.1 Å². The number of hydrogen-bond donors (Lipinski definition) is 1. The molecule has 0 fully saturated rings. The molecule has 4 aromatic rings. The van der Waals surface area contributed by atoms with Crippen molar-refractivity contribution in [2.75, 3.05) is 6.54 Å². The van der Waals surface area contributed by atoms with Crippen molar-refractivity contribution in [3.8, 4) is 0 Å². The van der Waals surface area contributed by atoms with Crippen LogP contribution in [0.3, 0.4) is 0 Å². The van der Waals surface area contributed by atoms with Crippen LogP contribution in [0, 0.1) is 5.92 Å². The third-order valence-corrected chi connectivity index (χ3v) is 7.11. The highest BCUT2D eigenvalue weighted by Crippen LogP contribution is 2.29. The van der Waals surface area contributed by atoms with Crippen LogP contribution in [-0.4, -0.2) is 38.3 Å². The number of hydrogen-bond acceptors (Lipinski definition) is 6. The predicted octanol–water partition coefficient (Wildman–Crippen LogP) is 4.49. The van der Waals surface area contributed by atoms with Crippen LogP contribution in [-0.2, 0) is 22.7 Å². The van der Waals surface area contributed by atoms with E-state index in [1.807, 2.05) is 59.3 Å². The molecule has 7 nitrogen and oxygen atoms in total. The summed E-state index contributed by atoms with van der Waals surface area (Å²) in [5, 5.41) is 15.3. The number of amides is 2. The molecule has 172 valence electrons. The molecule has 0 saturated carbocycles. The largest absolute Gasteiger partial charge is 0.354 e. The zero-order valence-corrected chi connectivity index (χ0v) is 20.3. The highest BCUT2D eigenvalue weighted by molar-refractivity contribution is 7.10. The fourth-order valence-corrected chi connectivity index (χ4v) is 5.14. The van der Waals surface area contributed by atoms with E-state index < -0.39 is 6.04 Å². The third-order valence-electron chi connectivity index (χ3n) is 5.33. The van der Waals surface area contributed by atoms with Crippen LogP contribution in [0.5, 0.6) is 0 Å². The number of nitrogens with one attached hydrogen (secondary N) is 1. The number of benzene rings is 1. The van der Waals surface area contributed by atoms with E-state index in [1.165, 1.54) is 11.3 Å². The molecule has 3 heterocycles. The first kappa shape index (κ1) is 23.1. The number of para-hydroxylation sites is 1. The topological polar surface area (TPSA) is 80.1 Å². The van der Waals surface area contributed by atoms with Gasteiger partial charge >= 0.3 is 0 Å². The molecule has 0 aliphatic carbocycles. The molecular formula is C24H27N5O2S2. The molecule has 0 aliphatic heterocycles. The lowest BCUT2D eigenvalue weighted by Crippen LogP contribution is -2.44. The van der Waals surface area contributed by atoms with Crippen LogP contribution < -0.4 is 5.32 Å². The lowest BCUT2D eigenvalue weighted by molar-refractivity contribution is -0.142. The lowest BCUT2D eigenvalue weighted by atomic mass is 10.1. The number of nitrogens with zero attached hydrogens (tertiary/aromatic N) is 4. The zero-order chi connectivity index (χ0) is 23.2. The van der Waals surface area contributed by atoms with Gasteiger partial charge in [-0.2, -0.15) is 0 Å². The van der Waals surface area contributed by atoms with E-state index in [0.717, 1.165) is 27.2 Å². The highest BCUT2D eigenvalue weighted by Gasteiger charge is 2.33. The van der Waals surface area contributed by atoms with E-state index >= 15 is 0 Å². The number of carbonyl (C=O) groups excluding carboxylic acids is 2. The minimum atomic E-state index is -0.707. The van der Waals surface area contributed by atoms with Crippen LogP contribution in [0.2, 0.25) is 0 Å². The summed E-state index contributed by atoms with van der Waals surface area (Å²) in [6.07, 6.45) is 0.882. The number of thiophene rings is 2. The number of rotatable bonds is 10. The van der Waals surface area contributed by atoms with Crippen molar-refractivity contribution in [2.45, 2.75) is 39.4 Å². The average molecular weight is 482 g/mol. The van der Waals surface area contributed by atoms with E-state index in [0.29, 0.717) is 19.0 Å². The first-order chi connectivity index (χ1) is 16.0. The molecule has 0 spiro atoms. The molecule has 0 aliphatic rings. The Morgan fingerprint density at radius 1 is 1.06 bits per heavy atom. The van der Waals surface area contributed by atoms with Gasteiger partial charge in [-0.05, 0) is 47.4 Å².